The number of carbonyl (C=O) groups excluding carboxylic acids is 1. The van der Waals surface area contributed by atoms with Gasteiger partial charge in [0, 0.05) is 50.4 Å². The topological polar surface area (TPSA) is 39.7 Å². The van der Waals surface area contributed by atoms with Crippen LogP contribution in [-0.4, -0.2) is 66.3 Å². The average molecular weight is 339 g/mol. The maximum Gasteiger partial charge on any atom is 0.325 e. The van der Waals surface area contributed by atoms with Gasteiger partial charge in [-0.25, -0.2) is 9.78 Å². The summed E-state index contributed by atoms with van der Waals surface area (Å²) in [6.07, 6.45) is 3.79. The summed E-state index contributed by atoms with van der Waals surface area (Å²) < 4.78 is 0. The van der Waals surface area contributed by atoms with Crippen molar-refractivity contribution in [1.82, 2.24) is 14.8 Å². The minimum atomic E-state index is -0.0387. The normalized spacial score (nSPS) is 11.4. The third-order valence-corrected chi connectivity index (χ3v) is 4.48. The SMILES string of the molecule is CSc1ccnc(N(CCN(C(C)C)C(C)C)C(=O)N(C)C)c1. The monoisotopic (exact) mass is 338 g/mol. The van der Waals surface area contributed by atoms with Crippen LogP contribution in [0.2, 0.25) is 0 Å². The van der Waals surface area contributed by atoms with Crippen LogP contribution in [0.15, 0.2) is 23.2 Å². The maximum atomic E-state index is 12.6. The van der Waals surface area contributed by atoms with E-state index in [-0.39, 0.29) is 6.03 Å². The number of hydrogen-bond acceptors (Lipinski definition) is 4. The molecule has 0 unspecified atom stereocenters. The van der Waals surface area contributed by atoms with Crippen molar-refractivity contribution in [2.75, 3.05) is 38.3 Å². The highest BCUT2D eigenvalue weighted by Crippen LogP contribution is 2.20. The van der Waals surface area contributed by atoms with Crippen LogP contribution in [0.5, 0.6) is 0 Å². The summed E-state index contributed by atoms with van der Waals surface area (Å²) in [5.74, 6) is 0.711. The number of carbonyl (C=O) groups is 1. The molecular weight excluding hydrogens is 308 g/mol. The van der Waals surface area contributed by atoms with Crippen LogP contribution in [0.1, 0.15) is 27.7 Å². The zero-order chi connectivity index (χ0) is 17.6. The first-order valence-corrected chi connectivity index (χ1v) is 9.25. The Morgan fingerprint density at radius 2 is 1.78 bits per heavy atom. The Kier molecular flexibility index (Phi) is 7.85. The van der Waals surface area contributed by atoms with Gasteiger partial charge in [-0.15, -0.1) is 11.8 Å². The lowest BCUT2D eigenvalue weighted by Gasteiger charge is -2.33. The number of amides is 2. The fraction of sp³-hybridized carbons (Fsp3) is 0.647. The molecule has 1 aromatic rings. The summed E-state index contributed by atoms with van der Waals surface area (Å²) in [7, 11) is 3.55. The number of aromatic nitrogens is 1. The molecule has 23 heavy (non-hydrogen) atoms. The highest BCUT2D eigenvalue weighted by atomic mass is 32.2. The predicted molar refractivity (Wildman–Crippen MR) is 99.4 cm³/mol. The molecule has 0 N–H and O–H groups in total. The molecule has 1 heterocycles. The number of urea groups is 1. The van der Waals surface area contributed by atoms with Gasteiger partial charge in [-0.1, -0.05) is 0 Å². The predicted octanol–water partition coefficient (Wildman–Crippen LogP) is 3.41. The zero-order valence-corrected chi connectivity index (χ0v) is 16.2. The van der Waals surface area contributed by atoms with Crippen LogP contribution in [0.3, 0.4) is 0 Å². The first-order chi connectivity index (χ1) is 10.8. The van der Waals surface area contributed by atoms with Crippen molar-refractivity contribution in [2.45, 2.75) is 44.7 Å². The molecule has 0 aromatic carbocycles. The fourth-order valence-corrected chi connectivity index (χ4v) is 2.97. The first kappa shape index (κ1) is 19.8. The van der Waals surface area contributed by atoms with E-state index >= 15 is 0 Å². The van der Waals surface area contributed by atoms with Crippen molar-refractivity contribution in [2.24, 2.45) is 0 Å². The molecule has 0 bridgehead atoms. The number of pyridine rings is 1. The van der Waals surface area contributed by atoms with Crippen LogP contribution in [0.4, 0.5) is 10.6 Å². The van der Waals surface area contributed by atoms with E-state index in [4.69, 9.17) is 0 Å². The first-order valence-electron chi connectivity index (χ1n) is 8.02. The van der Waals surface area contributed by atoms with Crippen molar-refractivity contribution in [1.29, 1.82) is 0 Å². The van der Waals surface area contributed by atoms with E-state index < -0.39 is 0 Å². The molecule has 0 aliphatic carbocycles. The van der Waals surface area contributed by atoms with Gasteiger partial charge in [-0.05, 0) is 46.1 Å². The van der Waals surface area contributed by atoms with Crippen LogP contribution < -0.4 is 4.90 Å². The number of rotatable bonds is 7. The van der Waals surface area contributed by atoms with Crippen LogP contribution in [0, 0.1) is 0 Å². The summed E-state index contributed by atoms with van der Waals surface area (Å²) in [5, 5.41) is 0. The molecule has 0 saturated heterocycles. The molecular formula is C17H30N4OS. The molecule has 0 atom stereocenters. The molecule has 0 radical (unpaired) electrons. The smallest absolute Gasteiger partial charge is 0.325 e. The molecule has 6 heteroatoms. The Morgan fingerprint density at radius 3 is 2.26 bits per heavy atom. The van der Waals surface area contributed by atoms with Crippen LogP contribution in [-0.2, 0) is 0 Å². The average Bonchev–Trinajstić information content (AvgIpc) is 2.50. The summed E-state index contributed by atoms with van der Waals surface area (Å²) in [6.45, 7) is 10.2. The Morgan fingerprint density at radius 1 is 1.17 bits per heavy atom. The molecule has 2 amide bonds. The van der Waals surface area contributed by atoms with Gasteiger partial charge in [0.05, 0.1) is 0 Å². The van der Waals surface area contributed by atoms with Gasteiger partial charge in [-0.2, -0.15) is 0 Å². The molecule has 5 nitrogen and oxygen atoms in total. The Hall–Kier alpha value is -1.27. The van der Waals surface area contributed by atoms with E-state index in [2.05, 4.69) is 37.6 Å². The van der Waals surface area contributed by atoms with Gasteiger partial charge >= 0.3 is 6.03 Å². The van der Waals surface area contributed by atoms with Gasteiger partial charge in [0.15, 0.2) is 0 Å². The number of anilines is 1. The van der Waals surface area contributed by atoms with Crippen molar-refractivity contribution in [3.05, 3.63) is 18.3 Å². The Balaban J connectivity index is 2.99. The van der Waals surface area contributed by atoms with Gasteiger partial charge < -0.3 is 4.90 Å². The van der Waals surface area contributed by atoms with E-state index in [1.54, 1.807) is 41.9 Å². The van der Waals surface area contributed by atoms with Crippen LogP contribution >= 0.6 is 11.8 Å². The summed E-state index contributed by atoms with van der Waals surface area (Å²) in [5.41, 5.74) is 0. The summed E-state index contributed by atoms with van der Waals surface area (Å²) in [4.78, 5) is 23.8. The van der Waals surface area contributed by atoms with E-state index in [9.17, 15) is 4.79 Å². The maximum absolute atomic E-state index is 12.6. The number of thioether (sulfide) groups is 1. The fourth-order valence-electron chi connectivity index (χ4n) is 2.55. The third kappa shape index (κ3) is 5.70. The number of hydrogen-bond donors (Lipinski definition) is 0. The van der Waals surface area contributed by atoms with Crippen LogP contribution in [0.25, 0.3) is 0 Å². The van der Waals surface area contributed by atoms with Crippen molar-refractivity contribution >= 4 is 23.6 Å². The molecule has 0 aliphatic rings. The lowest BCUT2D eigenvalue weighted by Crippen LogP contribution is -2.47. The second-order valence-electron chi connectivity index (χ2n) is 6.31. The highest BCUT2D eigenvalue weighted by Gasteiger charge is 2.22. The second kappa shape index (κ2) is 9.13. The minimum Gasteiger partial charge on any atom is -0.330 e. The molecule has 0 spiro atoms. The summed E-state index contributed by atoms with van der Waals surface area (Å²) >= 11 is 1.65. The van der Waals surface area contributed by atoms with Gasteiger partial charge in [0.25, 0.3) is 0 Å². The summed E-state index contributed by atoms with van der Waals surface area (Å²) in [6, 6.07) is 4.78. The minimum absolute atomic E-state index is 0.0387. The van der Waals surface area contributed by atoms with Gasteiger partial charge in [-0.3, -0.25) is 9.80 Å². The molecule has 0 fully saturated rings. The standard InChI is InChI=1S/C17H30N4OS/c1-13(2)20(14(3)4)10-11-21(17(22)19(5)6)16-12-15(23-7)8-9-18-16/h8-9,12-14H,10-11H2,1-7H3. The quantitative estimate of drug-likeness (QED) is 0.714. The Labute approximate surface area is 145 Å². The second-order valence-corrected chi connectivity index (χ2v) is 7.19. The highest BCUT2D eigenvalue weighted by molar-refractivity contribution is 7.98. The third-order valence-electron chi connectivity index (χ3n) is 3.75. The molecule has 0 saturated carbocycles. The van der Waals surface area contributed by atoms with Crippen molar-refractivity contribution in [3.8, 4) is 0 Å². The van der Waals surface area contributed by atoms with Gasteiger partial charge in [0.2, 0.25) is 0 Å². The van der Waals surface area contributed by atoms with E-state index in [0.29, 0.717) is 24.4 Å². The van der Waals surface area contributed by atoms with Crippen molar-refractivity contribution < 1.29 is 4.79 Å². The zero-order valence-electron chi connectivity index (χ0n) is 15.4. The molecule has 130 valence electrons. The Bertz CT molecular complexity index is 497. The van der Waals surface area contributed by atoms with Gasteiger partial charge in [0.1, 0.15) is 5.82 Å². The molecule has 1 aromatic heterocycles. The van der Waals surface area contributed by atoms with Crippen molar-refractivity contribution in [3.63, 3.8) is 0 Å². The lowest BCUT2D eigenvalue weighted by molar-refractivity contribution is 0.177. The number of nitrogens with zero attached hydrogens (tertiary/aromatic N) is 4. The lowest BCUT2D eigenvalue weighted by atomic mass is 10.2. The van der Waals surface area contributed by atoms with E-state index in [1.807, 2.05) is 18.4 Å². The largest absolute Gasteiger partial charge is 0.330 e. The van der Waals surface area contributed by atoms with E-state index in [1.165, 1.54) is 0 Å². The molecule has 0 aliphatic heterocycles. The van der Waals surface area contributed by atoms with E-state index in [0.717, 1.165) is 11.4 Å². The molecule has 1 rings (SSSR count).